The third kappa shape index (κ3) is 6.05. The van der Waals surface area contributed by atoms with Gasteiger partial charge in [-0.1, -0.05) is 24.3 Å². The molecule has 9 heteroatoms. The van der Waals surface area contributed by atoms with Crippen LogP contribution in [0.4, 0.5) is 5.69 Å². The Hall–Kier alpha value is -3.59. The number of piperazine rings is 1. The Morgan fingerprint density at radius 2 is 1.56 bits per heavy atom. The first-order valence-electron chi connectivity index (χ1n) is 11.1. The minimum absolute atomic E-state index is 0.0849. The van der Waals surface area contributed by atoms with E-state index in [0.29, 0.717) is 31.9 Å². The van der Waals surface area contributed by atoms with Gasteiger partial charge < -0.3 is 24.4 Å². The molecule has 3 rings (SSSR count). The van der Waals surface area contributed by atoms with Gasteiger partial charge in [-0.2, -0.15) is 0 Å². The second kappa shape index (κ2) is 11.5. The molecule has 2 amide bonds. The van der Waals surface area contributed by atoms with E-state index in [1.54, 1.807) is 23.1 Å². The van der Waals surface area contributed by atoms with E-state index in [1.807, 2.05) is 36.9 Å². The van der Waals surface area contributed by atoms with Gasteiger partial charge in [0.1, 0.15) is 5.56 Å². The predicted molar refractivity (Wildman–Crippen MR) is 127 cm³/mol. The van der Waals surface area contributed by atoms with Gasteiger partial charge in [0.25, 0.3) is 5.91 Å². The Balaban J connectivity index is 1.46. The van der Waals surface area contributed by atoms with E-state index in [2.05, 4.69) is 5.32 Å². The summed E-state index contributed by atoms with van der Waals surface area (Å²) >= 11 is 0. The Bertz CT molecular complexity index is 1030. The first kappa shape index (κ1) is 25.0. The summed E-state index contributed by atoms with van der Waals surface area (Å²) < 4.78 is 15.7. The number of nitrogens with zero attached hydrogens (tertiary/aromatic N) is 2. The van der Waals surface area contributed by atoms with Crippen LogP contribution in [0.2, 0.25) is 0 Å². The fourth-order valence-electron chi connectivity index (χ4n) is 3.89. The van der Waals surface area contributed by atoms with Crippen LogP contribution in [0.3, 0.4) is 0 Å². The largest absolute Gasteiger partial charge is 0.493 e. The Kier molecular flexibility index (Phi) is 8.48. The zero-order valence-electron chi connectivity index (χ0n) is 20.1. The molecule has 0 radical (unpaired) electrons. The maximum atomic E-state index is 12.6. The molecule has 0 bridgehead atoms. The molecule has 0 aromatic heterocycles. The second-order valence-corrected chi connectivity index (χ2v) is 8.09. The number of esters is 1. The lowest BCUT2D eigenvalue weighted by atomic mass is 10.1. The molecule has 1 aliphatic heterocycles. The van der Waals surface area contributed by atoms with Gasteiger partial charge in [0.15, 0.2) is 18.1 Å². The molecule has 0 aliphatic carbocycles. The summed E-state index contributed by atoms with van der Waals surface area (Å²) in [5.74, 6) is -0.365. The highest BCUT2D eigenvalue weighted by atomic mass is 16.5. The Labute approximate surface area is 199 Å². The number of hydrogen-bond donors (Lipinski definition) is 1. The van der Waals surface area contributed by atoms with E-state index >= 15 is 0 Å². The molecule has 1 fully saturated rings. The fraction of sp³-hybridized carbons (Fsp3) is 0.400. The Morgan fingerprint density at radius 3 is 2.18 bits per heavy atom. The molecule has 182 valence electrons. The quantitative estimate of drug-likeness (QED) is 0.593. The van der Waals surface area contributed by atoms with Crippen LogP contribution in [0.1, 0.15) is 21.5 Å². The molecule has 1 aliphatic rings. The van der Waals surface area contributed by atoms with E-state index in [0.717, 1.165) is 16.8 Å². The number of benzene rings is 2. The Morgan fingerprint density at radius 1 is 0.912 bits per heavy atom. The molecule has 9 nitrogen and oxygen atoms in total. The molecule has 2 aromatic rings. The molecular formula is C25H31N3O6. The number of rotatable bonds is 8. The molecule has 34 heavy (non-hydrogen) atoms. The summed E-state index contributed by atoms with van der Waals surface area (Å²) in [4.78, 5) is 41.2. The number of anilines is 1. The summed E-state index contributed by atoms with van der Waals surface area (Å²) in [7, 11) is 2.91. The molecule has 1 saturated heterocycles. The minimum Gasteiger partial charge on any atom is -0.493 e. The maximum Gasteiger partial charge on any atom is 0.342 e. The first-order chi connectivity index (χ1) is 16.3. The van der Waals surface area contributed by atoms with Crippen molar-refractivity contribution in [3.05, 3.63) is 53.1 Å². The number of para-hydroxylation sites is 2. The zero-order valence-corrected chi connectivity index (χ0v) is 20.1. The van der Waals surface area contributed by atoms with Gasteiger partial charge in [-0.15, -0.1) is 0 Å². The standard InChI is InChI=1S/C25H31N3O6/c1-17-7-5-8-18(2)23(17)26-21(29)15-27-11-13-28(14-12-27)22(30)16-34-25(31)19-9-6-10-20(32-3)24(19)33-4/h5-10H,11-16H2,1-4H3,(H,26,29). The molecule has 0 unspecified atom stereocenters. The van der Waals surface area contributed by atoms with E-state index < -0.39 is 5.97 Å². The molecule has 0 atom stereocenters. The molecule has 0 spiro atoms. The summed E-state index contributed by atoms with van der Waals surface area (Å²) in [6.45, 7) is 5.83. The highest BCUT2D eigenvalue weighted by Gasteiger charge is 2.25. The van der Waals surface area contributed by atoms with Gasteiger partial charge in [-0.3, -0.25) is 14.5 Å². The second-order valence-electron chi connectivity index (χ2n) is 8.09. The van der Waals surface area contributed by atoms with E-state index in [1.165, 1.54) is 14.2 Å². The number of ether oxygens (including phenoxy) is 3. The van der Waals surface area contributed by atoms with E-state index in [-0.39, 0.29) is 36.3 Å². The van der Waals surface area contributed by atoms with Crippen LogP contribution in [0.15, 0.2) is 36.4 Å². The molecule has 1 N–H and O–H groups in total. The van der Waals surface area contributed by atoms with Crippen LogP contribution in [0, 0.1) is 13.8 Å². The third-order valence-corrected chi connectivity index (χ3v) is 5.79. The number of hydrogen-bond acceptors (Lipinski definition) is 7. The summed E-state index contributed by atoms with van der Waals surface area (Å²) in [5.41, 5.74) is 3.07. The monoisotopic (exact) mass is 469 g/mol. The highest BCUT2D eigenvalue weighted by molar-refractivity contribution is 5.95. The van der Waals surface area contributed by atoms with Crippen molar-refractivity contribution in [1.29, 1.82) is 0 Å². The summed E-state index contributed by atoms with van der Waals surface area (Å²) in [6.07, 6.45) is 0. The number of aryl methyl sites for hydroxylation is 2. The summed E-state index contributed by atoms with van der Waals surface area (Å²) in [5, 5.41) is 2.99. The number of nitrogens with one attached hydrogen (secondary N) is 1. The molecular weight excluding hydrogens is 438 g/mol. The van der Waals surface area contributed by atoms with Gasteiger partial charge in [-0.25, -0.2) is 4.79 Å². The number of carbonyl (C=O) groups is 3. The summed E-state index contributed by atoms with van der Waals surface area (Å²) in [6, 6.07) is 10.8. The lowest BCUT2D eigenvalue weighted by Gasteiger charge is -2.34. The van der Waals surface area contributed by atoms with Gasteiger partial charge in [0.2, 0.25) is 5.91 Å². The maximum absolute atomic E-state index is 12.6. The van der Waals surface area contributed by atoms with Crippen LogP contribution in [0.5, 0.6) is 11.5 Å². The van der Waals surface area contributed by atoms with Gasteiger partial charge in [0, 0.05) is 31.9 Å². The average Bonchev–Trinajstić information content (AvgIpc) is 2.84. The zero-order chi connectivity index (χ0) is 24.7. The van der Waals surface area contributed by atoms with E-state index in [9.17, 15) is 14.4 Å². The van der Waals surface area contributed by atoms with Crippen molar-refractivity contribution in [1.82, 2.24) is 9.80 Å². The van der Waals surface area contributed by atoms with Crippen LogP contribution >= 0.6 is 0 Å². The molecule has 1 heterocycles. The van der Waals surface area contributed by atoms with Crippen LogP contribution in [-0.4, -0.2) is 81.1 Å². The van der Waals surface area contributed by atoms with E-state index in [4.69, 9.17) is 14.2 Å². The number of methoxy groups -OCH3 is 2. The van der Waals surface area contributed by atoms with Gasteiger partial charge >= 0.3 is 5.97 Å². The van der Waals surface area contributed by atoms with Crippen LogP contribution < -0.4 is 14.8 Å². The first-order valence-corrected chi connectivity index (χ1v) is 11.1. The predicted octanol–water partition coefficient (Wildman–Crippen LogP) is 2.26. The van der Waals surface area contributed by atoms with Crippen LogP contribution in [0.25, 0.3) is 0 Å². The van der Waals surface area contributed by atoms with Crippen molar-refractivity contribution < 1.29 is 28.6 Å². The third-order valence-electron chi connectivity index (χ3n) is 5.79. The van der Waals surface area contributed by atoms with Crippen LogP contribution in [-0.2, 0) is 14.3 Å². The minimum atomic E-state index is -0.661. The topological polar surface area (TPSA) is 97.4 Å². The molecule has 2 aromatic carbocycles. The normalized spacial score (nSPS) is 13.8. The molecule has 0 saturated carbocycles. The van der Waals surface area contributed by atoms with Crippen molar-refractivity contribution in [2.45, 2.75) is 13.8 Å². The average molecular weight is 470 g/mol. The van der Waals surface area contributed by atoms with Crippen molar-refractivity contribution in [2.24, 2.45) is 0 Å². The van der Waals surface area contributed by atoms with Gasteiger partial charge in [0.05, 0.1) is 20.8 Å². The van der Waals surface area contributed by atoms with Crippen molar-refractivity contribution in [2.75, 3.05) is 58.9 Å². The lowest BCUT2D eigenvalue weighted by molar-refractivity contribution is -0.136. The smallest absolute Gasteiger partial charge is 0.342 e. The lowest BCUT2D eigenvalue weighted by Crippen LogP contribution is -2.51. The fourth-order valence-corrected chi connectivity index (χ4v) is 3.89. The number of amides is 2. The highest BCUT2D eigenvalue weighted by Crippen LogP contribution is 2.31. The van der Waals surface area contributed by atoms with Crippen molar-refractivity contribution >= 4 is 23.5 Å². The SMILES string of the molecule is COc1cccc(C(=O)OCC(=O)N2CCN(CC(=O)Nc3c(C)cccc3C)CC2)c1OC. The number of carbonyl (C=O) groups excluding carboxylic acids is 3. The van der Waals surface area contributed by atoms with Gasteiger partial charge in [-0.05, 0) is 37.1 Å². The van der Waals surface area contributed by atoms with Crippen molar-refractivity contribution in [3.8, 4) is 11.5 Å². The van der Waals surface area contributed by atoms with Crippen molar-refractivity contribution in [3.63, 3.8) is 0 Å².